The van der Waals surface area contributed by atoms with Gasteiger partial charge in [0.2, 0.25) is 0 Å². The third-order valence-electron chi connectivity index (χ3n) is 3.74. The first-order valence-corrected chi connectivity index (χ1v) is 8.00. The molecule has 0 saturated carbocycles. The van der Waals surface area contributed by atoms with Crippen molar-refractivity contribution in [3.05, 3.63) is 11.9 Å². The zero-order valence-corrected chi connectivity index (χ0v) is 13.7. The van der Waals surface area contributed by atoms with Gasteiger partial charge in [0.15, 0.2) is 0 Å². The van der Waals surface area contributed by atoms with Gasteiger partial charge in [-0.1, -0.05) is 19.1 Å². The lowest BCUT2D eigenvalue weighted by atomic mass is 10.2. The van der Waals surface area contributed by atoms with Crippen LogP contribution in [0.3, 0.4) is 0 Å². The second-order valence-corrected chi connectivity index (χ2v) is 6.54. The topological polar surface area (TPSA) is 55.2 Å². The van der Waals surface area contributed by atoms with Crippen molar-refractivity contribution in [3.8, 4) is 0 Å². The molecule has 1 saturated heterocycles. The standard InChI is InChI=1S/C15H29N5O/c1-12(2)7-16-8-14-9-20(18-17-14)11-15-10-19(13(3)4)5-6-21-15/h9,12-13,15-16H,5-8,10-11H2,1-4H3. The Kier molecular flexibility index (Phi) is 6.14. The summed E-state index contributed by atoms with van der Waals surface area (Å²) >= 11 is 0. The zero-order valence-electron chi connectivity index (χ0n) is 13.7. The van der Waals surface area contributed by atoms with Gasteiger partial charge < -0.3 is 10.1 Å². The molecule has 21 heavy (non-hydrogen) atoms. The lowest BCUT2D eigenvalue weighted by Crippen LogP contribution is -2.47. The van der Waals surface area contributed by atoms with Gasteiger partial charge in [-0.3, -0.25) is 4.90 Å². The Labute approximate surface area is 127 Å². The minimum absolute atomic E-state index is 0.208. The molecule has 2 rings (SSSR count). The van der Waals surface area contributed by atoms with E-state index in [0.29, 0.717) is 12.0 Å². The van der Waals surface area contributed by atoms with Gasteiger partial charge in [0, 0.05) is 31.9 Å². The van der Waals surface area contributed by atoms with Crippen molar-refractivity contribution >= 4 is 0 Å². The van der Waals surface area contributed by atoms with E-state index in [-0.39, 0.29) is 6.10 Å². The first-order valence-electron chi connectivity index (χ1n) is 8.00. The third-order valence-corrected chi connectivity index (χ3v) is 3.74. The Morgan fingerprint density at radius 3 is 2.90 bits per heavy atom. The number of morpholine rings is 1. The van der Waals surface area contributed by atoms with E-state index >= 15 is 0 Å². The van der Waals surface area contributed by atoms with E-state index in [1.54, 1.807) is 0 Å². The molecule has 1 fully saturated rings. The SMILES string of the molecule is CC(C)CNCc1cn(CC2CN(C(C)C)CCO2)nn1. The average molecular weight is 295 g/mol. The number of hydrogen-bond donors (Lipinski definition) is 1. The molecule has 0 aliphatic carbocycles. The highest BCUT2D eigenvalue weighted by atomic mass is 16.5. The molecular formula is C15H29N5O. The molecule has 0 bridgehead atoms. The monoisotopic (exact) mass is 295 g/mol. The Hall–Kier alpha value is -0.980. The summed E-state index contributed by atoms with van der Waals surface area (Å²) < 4.78 is 7.74. The van der Waals surface area contributed by atoms with Crippen LogP contribution in [0.15, 0.2) is 6.20 Å². The molecule has 6 heteroatoms. The van der Waals surface area contributed by atoms with Gasteiger partial charge >= 0.3 is 0 Å². The molecule has 1 N–H and O–H groups in total. The molecule has 1 unspecified atom stereocenters. The lowest BCUT2D eigenvalue weighted by molar-refractivity contribution is -0.0471. The maximum atomic E-state index is 5.84. The predicted octanol–water partition coefficient (Wildman–Crippen LogP) is 1.13. The summed E-state index contributed by atoms with van der Waals surface area (Å²) in [5, 5.41) is 11.8. The van der Waals surface area contributed by atoms with E-state index in [2.05, 4.69) is 48.2 Å². The number of rotatable bonds is 7. The largest absolute Gasteiger partial charge is 0.374 e. The Morgan fingerprint density at radius 2 is 2.19 bits per heavy atom. The molecule has 1 aromatic rings. The van der Waals surface area contributed by atoms with Crippen LogP contribution in [0.25, 0.3) is 0 Å². The fourth-order valence-corrected chi connectivity index (χ4v) is 2.53. The van der Waals surface area contributed by atoms with Crippen LogP contribution in [0, 0.1) is 5.92 Å². The minimum Gasteiger partial charge on any atom is -0.374 e. The van der Waals surface area contributed by atoms with E-state index in [4.69, 9.17) is 4.74 Å². The van der Waals surface area contributed by atoms with Crippen molar-refractivity contribution < 1.29 is 4.74 Å². The maximum Gasteiger partial charge on any atom is 0.0964 e. The lowest BCUT2D eigenvalue weighted by Gasteiger charge is -2.35. The Balaban J connectivity index is 1.79. The van der Waals surface area contributed by atoms with Gasteiger partial charge in [0.25, 0.3) is 0 Å². The van der Waals surface area contributed by atoms with Crippen LogP contribution < -0.4 is 5.32 Å². The minimum atomic E-state index is 0.208. The van der Waals surface area contributed by atoms with Crippen LogP contribution >= 0.6 is 0 Å². The molecule has 120 valence electrons. The molecule has 0 amide bonds. The number of ether oxygens (including phenoxy) is 1. The smallest absolute Gasteiger partial charge is 0.0964 e. The average Bonchev–Trinajstić information content (AvgIpc) is 2.86. The number of hydrogen-bond acceptors (Lipinski definition) is 5. The van der Waals surface area contributed by atoms with Crippen molar-refractivity contribution in [2.24, 2.45) is 5.92 Å². The zero-order chi connectivity index (χ0) is 15.2. The summed E-state index contributed by atoms with van der Waals surface area (Å²) in [7, 11) is 0. The fraction of sp³-hybridized carbons (Fsp3) is 0.867. The van der Waals surface area contributed by atoms with E-state index < -0.39 is 0 Å². The first-order chi connectivity index (χ1) is 10.0. The maximum absolute atomic E-state index is 5.84. The highest BCUT2D eigenvalue weighted by Gasteiger charge is 2.22. The second kappa shape index (κ2) is 7.87. The van der Waals surface area contributed by atoms with Gasteiger partial charge in [-0.25, -0.2) is 4.68 Å². The summed E-state index contributed by atoms with van der Waals surface area (Å²) in [6, 6.07) is 0.572. The molecule has 6 nitrogen and oxygen atoms in total. The van der Waals surface area contributed by atoms with Crippen molar-refractivity contribution in [1.29, 1.82) is 0 Å². The number of nitrogens with one attached hydrogen (secondary N) is 1. The van der Waals surface area contributed by atoms with Gasteiger partial charge in [0.05, 0.1) is 24.9 Å². The van der Waals surface area contributed by atoms with Crippen LogP contribution in [0.1, 0.15) is 33.4 Å². The van der Waals surface area contributed by atoms with Crippen molar-refractivity contribution in [3.63, 3.8) is 0 Å². The number of aromatic nitrogens is 3. The predicted molar refractivity (Wildman–Crippen MR) is 83.0 cm³/mol. The first kappa shape index (κ1) is 16.4. The van der Waals surface area contributed by atoms with Crippen molar-refractivity contribution in [1.82, 2.24) is 25.2 Å². The molecular weight excluding hydrogens is 266 g/mol. The Morgan fingerprint density at radius 1 is 1.38 bits per heavy atom. The van der Waals surface area contributed by atoms with Gasteiger partial charge in [-0.05, 0) is 26.3 Å². The molecule has 0 spiro atoms. The highest BCUT2D eigenvalue weighted by molar-refractivity contribution is 4.92. The van der Waals surface area contributed by atoms with Crippen LogP contribution in [0.2, 0.25) is 0 Å². The fourth-order valence-electron chi connectivity index (χ4n) is 2.53. The quantitative estimate of drug-likeness (QED) is 0.817. The van der Waals surface area contributed by atoms with Crippen molar-refractivity contribution in [2.75, 3.05) is 26.2 Å². The summed E-state index contributed by atoms with van der Waals surface area (Å²) in [6.07, 6.45) is 2.23. The summed E-state index contributed by atoms with van der Waals surface area (Å²) in [4.78, 5) is 2.45. The van der Waals surface area contributed by atoms with E-state index in [9.17, 15) is 0 Å². The van der Waals surface area contributed by atoms with Crippen LogP contribution in [-0.2, 0) is 17.8 Å². The van der Waals surface area contributed by atoms with E-state index in [0.717, 1.165) is 45.0 Å². The molecule has 1 atom stereocenters. The summed E-state index contributed by atoms with van der Waals surface area (Å²) in [5.41, 5.74) is 0.993. The molecule has 0 aromatic carbocycles. The summed E-state index contributed by atoms with van der Waals surface area (Å²) in [5.74, 6) is 0.651. The molecule has 1 aliphatic heterocycles. The molecule has 1 aromatic heterocycles. The molecule has 1 aliphatic rings. The van der Waals surface area contributed by atoms with Crippen LogP contribution in [0.5, 0.6) is 0 Å². The number of nitrogens with zero attached hydrogens (tertiary/aromatic N) is 4. The van der Waals surface area contributed by atoms with Gasteiger partial charge in [-0.2, -0.15) is 0 Å². The highest BCUT2D eigenvalue weighted by Crippen LogP contribution is 2.10. The molecule has 2 heterocycles. The van der Waals surface area contributed by atoms with Gasteiger partial charge in [-0.15, -0.1) is 5.10 Å². The van der Waals surface area contributed by atoms with Crippen molar-refractivity contribution in [2.45, 2.75) is 52.9 Å². The van der Waals surface area contributed by atoms with E-state index in [1.807, 2.05) is 10.9 Å². The van der Waals surface area contributed by atoms with Crippen LogP contribution in [0.4, 0.5) is 0 Å². The van der Waals surface area contributed by atoms with Gasteiger partial charge in [0.1, 0.15) is 0 Å². The Bertz CT molecular complexity index is 418. The third kappa shape index (κ3) is 5.37. The normalized spacial score (nSPS) is 20.6. The molecule has 0 radical (unpaired) electrons. The van der Waals surface area contributed by atoms with Crippen LogP contribution in [-0.4, -0.2) is 58.3 Å². The van der Waals surface area contributed by atoms with E-state index in [1.165, 1.54) is 0 Å². The second-order valence-electron chi connectivity index (χ2n) is 6.54. The summed E-state index contributed by atoms with van der Waals surface area (Å²) in [6.45, 7) is 14.2.